The zero-order valence-corrected chi connectivity index (χ0v) is 13.4. The Labute approximate surface area is 136 Å². The number of aliphatic hydroxyl groups is 1. The lowest BCUT2D eigenvalue weighted by Crippen LogP contribution is -2.39. The molecule has 0 aliphatic carbocycles. The van der Waals surface area contributed by atoms with Gasteiger partial charge in [-0.3, -0.25) is 4.79 Å². The van der Waals surface area contributed by atoms with Crippen LogP contribution in [0.3, 0.4) is 0 Å². The minimum absolute atomic E-state index is 0.0870. The summed E-state index contributed by atoms with van der Waals surface area (Å²) in [5.74, 6) is 0.343. The Morgan fingerprint density at radius 2 is 2.13 bits per heavy atom. The van der Waals surface area contributed by atoms with E-state index in [-0.39, 0.29) is 12.6 Å². The molecule has 1 aliphatic rings. The van der Waals surface area contributed by atoms with E-state index in [1.54, 1.807) is 24.3 Å². The fourth-order valence-electron chi connectivity index (χ4n) is 2.57. The number of nitrogens with one attached hydrogen (secondary N) is 2. The lowest BCUT2D eigenvalue weighted by molar-refractivity contribution is -0.132. The summed E-state index contributed by atoms with van der Waals surface area (Å²) in [4.78, 5) is 11.1. The largest absolute Gasteiger partial charge is 0.487 e. The number of hydrogen-bond donors (Lipinski definition) is 3. The first kappa shape index (κ1) is 17.4. The van der Waals surface area contributed by atoms with Crippen LogP contribution in [0.5, 0.6) is 11.5 Å². The highest BCUT2D eigenvalue weighted by molar-refractivity contribution is 5.86. The van der Waals surface area contributed by atoms with Crippen molar-refractivity contribution in [3.8, 4) is 11.5 Å². The van der Waals surface area contributed by atoms with Crippen LogP contribution >= 0.6 is 0 Å². The third-order valence-corrected chi connectivity index (χ3v) is 3.73. The molecule has 0 aromatic heterocycles. The molecule has 1 heterocycles. The number of ether oxygens (including phenoxy) is 2. The van der Waals surface area contributed by atoms with Gasteiger partial charge in [0.05, 0.1) is 6.10 Å². The summed E-state index contributed by atoms with van der Waals surface area (Å²) < 4.78 is 10.7. The molecule has 2 unspecified atom stereocenters. The Morgan fingerprint density at radius 1 is 1.39 bits per heavy atom. The maximum Gasteiger partial charge on any atom is 0.308 e. The first-order valence-electron chi connectivity index (χ1n) is 7.95. The van der Waals surface area contributed by atoms with Crippen molar-refractivity contribution in [3.63, 3.8) is 0 Å². The van der Waals surface area contributed by atoms with Crippen molar-refractivity contribution >= 4 is 11.7 Å². The third-order valence-electron chi connectivity index (χ3n) is 3.73. The Morgan fingerprint density at radius 3 is 2.87 bits per heavy atom. The minimum Gasteiger partial charge on any atom is -0.487 e. The molecule has 0 saturated carbocycles. The number of carbonyl (C=O) groups excluding carboxylic acids is 1. The molecule has 1 aliphatic heterocycles. The monoisotopic (exact) mass is 320 g/mol. The van der Waals surface area contributed by atoms with E-state index in [4.69, 9.17) is 14.9 Å². The van der Waals surface area contributed by atoms with Crippen LogP contribution in [-0.2, 0) is 4.79 Å². The van der Waals surface area contributed by atoms with Crippen molar-refractivity contribution in [1.29, 1.82) is 5.41 Å². The van der Waals surface area contributed by atoms with Crippen LogP contribution in [0.1, 0.15) is 32.6 Å². The fourth-order valence-corrected chi connectivity index (χ4v) is 2.57. The molecule has 3 N–H and O–H groups in total. The normalized spacial score (nSPS) is 19.7. The SMILES string of the molecule is CC(=O)Oc1ccccc1OCC(O)CC1NCCCCC1=N. The van der Waals surface area contributed by atoms with Gasteiger partial charge < -0.3 is 25.3 Å². The number of benzene rings is 1. The van der Waals surface area contributed by atoms with Gasteiger partial charge in [0.15, 0.2) is 11.5 Å². The van der Waals surface area contributed by atoms with Crippen molar-refractivity contribution < 1.29 is 19.4 Å². The molecule has 1 aromatic carbocycles. The molecule has 23 heavy (non-hydrogen) atoms. The smallest absolute Gasteiger partial charge is 0.308 e. The van der Waals surface area contributed by atoms with E-state index in [1.165, 1.54) is 6.92 Å². The van der Waals surface area contributed by atoms with Gasteiger partial charge in [-0.15, -0.1) is 0 Å². The topological polar surface area (TPSA) is 91.6 Å². The van der Waals surface area contributed by atoms with Crippen LogP contribution in [0, 0.1) is 5.41 Å². The number of rotatable bonds is 6. The first-order valence-corrected chi connectivity index (χ1v) is 7.95. The summed E-state index contributed by atoms with van der Waals surface area (Å²) in [5, 5.41) is 21.5. The summed E-state index contributed by atoms with van der Waals surface area (Å²) in [5.41, 5.74) is 0.641. The number of para-hydroxylation sites is 2. The van der Waals surface area contributed by atoms with Crippen LogP contribution in [0.4, 0.5) is 0 Å². The average Bonchev–Trinajstić information content (AvgIpc) is 2.71. The Balaban J connectivity index is 1.87. The number of carbonyl (C=O) groups is 1. The maximum atomic E-state index is 11.1. The second-order valence-electron chi connectivity index (χ2n) is 5.73. The van der Waals surface area contributed by atoms with E-state index in [0.717, 1.165) is 25.8 Å². The zero-order valence-electron chi connectivity index (χ0n) is 13.4. The molecule has 126 valence electrons. The van der Waals surface area contributed by atoms with Gasteiger partial charge >= 0.3 is 5.97 Å². The van der Waals surface area contributed by atoms with Crippen molar-refractivity contribution in [2.45, 2.75) is 44.8 Å². The molecular formula is C17H24N2O4. The quantitative estimate of drug-likeness (QED) is 0.550. The van der Waals surface area contributed by atoms with Gasteiger partial charge in [-0.2, -0.15) is 0 Å². The van der Waals surface area contributed by atoms with Crippen LogP contribution in [0.2, 0.25) is 0 Å². The third kappa shape index (κ3) is 5.65. The van der Waals surface area contributed by atoms with Crippen LogP contribution in [0.15, 0.2) is 24.3 Å². The second kappa shape index (κ2) is 8.64. The molecular weight excluding hydrogens is 296 g/mol. The lowest BCUT2D eigenvalue weighted by atomic mass is 10.0. The molecule has 2 atom stereocenters. The summed E-state index contributed by atoms with van der Waals surface area (Å²) in [6.07, 6.45) is 2.59. The number of aliphatic hydroxyl groups excluding tert-OH is 1. The van der Waals surface area contributed by atoms with Crippen LogP contribution in [0.25, 0.3) is 0 Å². The minimum atomic E-state index is -0.698. The van der Waals surface area contributed by atoms with E-state index >= 15 is 0 Å². The maximum absolute atomic E-state index is 11.1. The predicted molar refractivity (Wildman–Crippen MR) is 87.2 cm³/mol. The molecule has 1 saturated heterocycles. The Bertz CT molecular complexity index is 547. The molecule has 6 heteroatoms. The molecule has 1 aromatic rings. The van der Waals surface area contributed by atoms with Crippen LogP contribution in [-0.4, -0.2) is 42.1 Å². The molecule has 0 bridgehead atoms. The highest BCUT2D eigenvalue weighted by Crippen LogP contribution is 2.26. The van der Waals surface area contributed by atoms with Crippen molar-refractivity contribution in [2.75, 3.05) is 13.2 Å². The van der Waals surface area contributed by atoms with Gasteiger partial charge in [-0.1, -0.05) is 12.1 Å². The van der Waals surface area contributed by atoms with Crippen molar-refractivity contribution in [1.82, 2.24) is 5.32 Å². The zero-order chi connectivity index (χ0) is 16.7. The molecule has 0 amide bonds. The van der Waals surface area contributed by atoms with E-state index in [1.807, 2.05) is 0 Å². The second-order valence-corrected chi connectivity index (χ2v) is 5.73. The highest BCUT2D eigenvalue weighted by Gasteiger charge is 2.21. The fraction of sp³-hybridized carbons (Fsp3) is 0.529. The Hall–Kier alpha value is -1.92. The standard InChI is InChI=1S/C17H24N2O4/c1-12(20)23-17-8-3-2-7-16(17)22-11-13(21)10-15-14(18)6-4-5-9-19-15/h2-3,7-8,13,15,18-19,21H,4-6,9-11H2,1H3. The van der Waals surface area contributed by atoms with E-state index in [0.29, 0.717) is 23.6 Å². The number of esters is 1. The number of hydrogen-bond acceptors (Lipinski definition) is 6. The summed E-state index contributed by atoms with van der Waals surface area (Å²) in [6, 6.07) is 6.76. The lowest BCUT2D eigenvalue weighted by Gasteiger charge is -2.21. The van der Waals surface area contributed by atoms with E-state index in [2.05, 4.69) is 5.32 Å². The molecule has 0 spiro atoms. The predicted octanol–water partition coefficient (Wildman–Crippen LogP) is 1.90. The molecule has 6 nitrogen and oxygen atoms in total. The molecule has 1 fully saturated rings. The van der Waals surface area contributed by atoms with Gasteiger partial charge in [0.25, 0.3) is 0 Å². The van der Waals surface area contributed by atoms with Gasteiger partial charge in [-0.25, -0.2) is 0 Å². The Kier molecular flexibility index (Phi) is 6.55. The van der Waals surface area contributed by atoms with Crippen LogP contribution < -0.4 is 14.8 Å². The van der Waals surface area contributed by atoms with Gasteiger partial charge in [0.2, 0.25) is 0 Å². The summed E-state index contributed by atoms with van der Waals surface area (Å²) in [7, 11) is 0. The van der Waals surface area contributed by atoms with E-state index in [9.17, 15) is 9.90 Å². The van der Waals surface area contributed by atoms with Gasteiger partial charge in [-0.05, 0) is 44.4 Å². The molecule has 0 radical (unpaired) electrons. The van der Waals surface area contributed by atoms with Crippen molar-refractivity contribution in [2.24, 2.45) is 0 Å². The summed E-state index contributed by atoms with van der Waals surface area (Å²) in [6.45, 7) is 2.29. The highest BCUT2D eigenvalue weighted by atomic mass is 16.6. The molecule has 2 rings (SSSR count). The van der Waals surface area contributed by atoms with Crippen molar-refractivity contribution in [3.05, 3.63) is 24.3 Å². The average molecular weight is 320 g/mol. The van der Waals surface area contributed by atoms with Gasteiger partial charge in [0.1, 0.15) is 6.61 Å². The summed E-state index contributed by atoms with van der Waals surface area (Å²) >= 11 is 0. The van der Waals surface area contributed by atoms with E-state index < -0.39 is 12.1 Å². The first-order chi connectivity index (χ1) is 11.1. The van der Waals surface area contributed by atoms with Gasteiger partial charge in [0, 0.05) is 18.7 Å².